The van der Waals surface area contributed by atoms with Crippen LogP contribution in [0.3, 0.4) is 0 Å². The second-order valence-electron chi connectivity index (χ2n) is 4.81. The summed E-state index contributed by atoms with van der Waals surface area (Å²) in [5, 5.41) is 11.9. The lowest BCUT2D eigenvalue weighted by molar-refractivity contribution is -0.139. The van der Waals surface area contributed by atoms with Crippen molar-refractivity contribution in [2.75, 3.05) is 6.54 Å². The fourth-order valence-electron chi connectivity index (χ4n) is 2.17. The molecule has 0 spiro atoms. The Morgan fingerprint density at radius 3 is 2.21 bits per heavy atom. The van der Waals surface area contributed by atoms with Crippen molar-refractivity contribution in [3.8, 4) is 0 Å². The molecule has 3 heteroatoms. The Morgan fingerprint density at radius 1 is 1.36 bits per heavy atom. The van der Waals surface area contributed by atoms with E-state index in [-0.39, 0.29) is 0 Å². The Labute approximate surface area is 84.9 Å². The van der Waals surface area contributed by atoms with E-state index in [0.29, 0.717) is 0 Å². The third kappa shape index (κ3) is 2.47. The summed E-state index contributed by atoms with van der Waals surface area (Å²) in [4.78, 5) is 10.6. The molecule has 80 valence electrons. The maximum atomic E-state index is 10.6. The highest BCUT2D eigenvalue weighted by Crippen LogP contribution is 2.48. The molecule has 0 aromatic carbocycles. The zero-order chi connectivity index (χ0) is 10.1. The van der Waals surface area contributed by atoms with E-state index in [2.05, 4.69) is 5.32 Å². The van der Waals surface area contributed by atoms with Crippen molar-refractivity contribution in [1.82, 2.24) is 5.32 Å². The van der Waals surface area contributed by atoms with Crippen molar-refractivity contribution < 1.29 is 9.90 Å². The molecule has 0 radical (unpaired) electrons. The predicted octanol–water partition coefficient (Wildman–Crippen LogP) is 1.49. The number of rotatable bonds is 6. The van der Waals surface area contributed by atoms with Crippen LogP contribution >= 0.6 is 0 Å². The largest absolute Gasteiger partial charge is 0.480 e. The van der Waals surface area contributed by atoms with E-state index in [0.717, 1.165) is 24.3 Å². The minimum Gasteiger partial charge on any atom is -0.480 e. The van der Waals surface area contributed by atoms with Crippen LogP contribution in [0.15, 0.2) is 0 Å². The topological polar surface area (TPSA) is 49.3 Å². The number of carboxylic acid groups (broad SMARTS) is 1. The summed E-state index contributed by atoms with van der Waals surface area (Å²) in [6, 6.07) is -0.394. The number of carbonyl (C=O) groups is 1. The van der Waals surface area contributed by atoms with Crippen LogP contribution in [0.4, 0.5) is 0 Å². The highest BCUT2D eigenvalue weighted by molar-refractivity contribution is 5.72. The lowest BCUT2D eigenvalue weighted by atomic mass is 9.98. The van der Waals surface area contributed by atoms with Gasteiger partial charge in [-0.3, -0.25) is 4.79 Å². The normalized spacial score (nSPS) is 23.9. The number of aliphatic carboxylic acids is 1. The third-order valence-electron chi connectivity index (χ3n) is 3.49. The molecule has 2 saturated carbocycles. The first-order valence-corrected chi connectivity index (χ1v) is 5.64. The summed E-state index contributed by atoms with van der Waals surface area (Å²) < 4.78 is 0. The van der Waals surface area contributed by atoms with E-state index in [1.165, 1.54) is 25.7 Å². The van der Waals surface area contributed by atoms with Gasteiger partial charge in [0.2, 0.25) is 0 Å². The molecule has 0 saturated heterocycles. The molecule has 0 heterocycles. The van der Waals surface area contributed by atoms with Gasteiger partial charge >= 0.3 is 5.97 Å². The van der Waals surface area contributed by atoms with Crippen LogP contribution in [0.5, 0.6) is 0 Å². The van der Waals surface area contributed by atoms with Gasteiger partial charge in [0, 0.05) is 0 Å². The molecule has 0 bridgehead atoms. The van der Waals surface area contributed by atoms with Gasteiger partial charge in [0.05, 0.1) is 0 Å². The molecule has 3 nitrogen and oxygen atoms in total. The van der Waals surface area contributed by atoms with Crippen LogP contribution in [0.1, 0.15) is 32.6 Å². The molecule has 2 aliphatic rings. The van der Waals surface area contributed by atoms with Crippen LogP contribution < -0.4 is 5.32 Å². The summed E-state index contributed by atoms with van der Waals surface area (Å²) in [7, 11) is 0. The molecule has 2 rings (SSSR count). The third-order valence-corrected chi connectivity index (χ3v) is 3.49. The van der Waals surface area contributed by atoms with Gasteiger partial charge in [0.25, 0.3) is 0 Å². The molecule has 1 unspecified atom stereocenters. The van der Waals surface area contributed by atoms with E-state index in [1.54, 1.807) is 6.92 Å². The first-order chi connectivity index (χ1) is 6.68. The van der Waals surface area contributed by atoms with Crippen LogP contribution in [0.25, 0.3) is 0 Å². The van der Waals surface area contributed by atoms with Gasteiger partial charge in [-0.1, -0.05) is 0 Å². The Kier molecular flexibility index (Phi) is 2.77. The molecule has 2 aliphatic carbocycles. The van der Waals surface area contributed by atoms with Crippen molar-refractivity contribution in [3.05, 3.63) is 0 Å². The predicted molar refractivity (Wildman–Crippen MR) is 54.0 cm³/mol. The van der Waals surface area contributed by atoms with Crippen LogP contribution in [0, 0.1) is 17.8 Å². The Hall–Kier alpha value is -0.570. The van der Waals surface area contributed by atoms with Crippen molar-refractivity contribution >= 4 is 5.97 Å². The van der Waals surface area contributed by atoms with Gasteiger partial charge in [0.1, 0.15) is 6.04 Å². The summed E-state index contributed by atoms with van der Waals surface area (Å²) in [5.41, 5.74) is 0. The van der Waals surface area contributed by atoms with Crippen molar-refractivity contribution in [1.29, 1.82) is 0 Å². The molecule has 1 atom stereocenters. The van der Waals surface area contributed by atoms with Crippen LogP contribution in [-0.2, 0) is 4.79 Å². The number of carboxylic acids is 1. The minimum atomic E-state index is -0.740. The van der Waals surface area contributed by atoms with E-state index < -0.39 is 12.0 Å². The summed E-state index contributed by atoms with van der Waals surface area (Å²) in [6.07, 6.45) is 5.46. The SMILES string of the molecule is CC(NCC(C1CC1)C1CC1)C(=O)O. The molecule has 0 aliphatic heterocycles. The quantitative estimate of drug-likeness (QED) is 0.678. The molecule has 2 fully saturated rings. The first kappa shape index (κ1) is 9.97. The maximum Gasteiger partial charge on any atom is 0.320 e. The standard InChI is InChI=1S/C11H19NO2/c1-7(11(13)14)12-6-10(8-2-3-8)9-4-5-9/h7-10,12H,2-6H2,1H3,(H,13,14). The maximum absolute atomic E-state index is 10.6. The highest BCUT2D eigenvalue weighted by atomic mass is 16.4. The van der Waals surface area contributed by atoms with Crippen LogP contribution in [0.2, 0.25) is 0 Å². The van der Waals surface area contributed by atoms with Gasteiger partial charge in [-0.15, -0.1) is 0 Å². The average molecular weight is 197 g/mol. The summed E-state index contributed by atoms with van der Waals surface area (Å²) in [5.74, 6) is 1.82. The Morgan fingerprint density at radius 2 is 1.86 bits per heavy atom. The monoisotopic (exact) mass is 197 g/mol. The van der Waals surface area contributed by atoms with Gasteiger partial charge in [-0.25, -0.2) is 0 Å². The molecular formula is C11H19NO2. The lowest BCUT2D eigenvalue weighted by Crippen LogP contribution is -2.38. The number of hydrogen-bond acceptors (Lipinski definition) is 2. The summed E-state index contributed by atoms with van der Waals surface area (Å²) in [6.45, 7) is 2.63. The van der Waals surface area contributed by atoms with Gasteiger partial charge in [-0.05, 0) is 56.9 Å². The van der Waals surface area contributed by atoms with Gasteiger partial charge in [0.15, 0.2) is 0 Å². The number of hydrogen-bond donors (Lipinski definition) is 2. The van der Waals surface area contributed by atoms with Crippen molar-refractivity contribution in [2.24, 2.45) is 17.8 Å². The summed E-state index contributed by atoms with van der Waals surface area (Å²) >= 11 is 0. The molecule has 14 heavy (non-hydrogen) atoms. The van der Waals surface area contributed by atoms with Crippen molar-refractivity contribution in [3.63, 3.8) is 0 Å². The van der Waals surface area contributed by atoms with E-state index in [9.17, 15) is 4.79 Å². The minimum absolute atomic E-state index is 0.394. The van der Waals surface area contributed by atoms with Gasteiger partial charge in [-0.2, -0.15) is 0 Å². The highest BCUT2D eigenvalue weighted by Gasteiger charge is 2.41. The molecule has 0 amide bonds. The molecule has 0 aromatic rings. The van der Waals surface area contributed by atoms with Crippen LogP contribution in [-0.4, -0.2) is 23.7 Å². The smallest absolute Gasteiger partial charge is 0.320 e. The second kappa shape index (κ2) is 3.89. The lowest BCUT2D eigenvalue weighted by Gasteiger charge is -2.18. The molecule has 0 aromatic heterocycles. The Bertz CT molecular complexity index is 209. The molecular weight excluding hydrogens is 178 g/mol. The number of nitrogens with one attached hydrogen (secondary N) is 1. The fourth-order valence-corrected chi connectivity index (χ4v) is 2.17. The van der Waals surface area contributed by atoms with E-state index >= 15 is 0 Å². The Balaban J connectivity index is 1.73. The average Bonchev–Trinajstić information content (AvgIpc) is 2.99. The zero-order valence-electron chi connectivity index (χ0n) is 8.70. The first-order valence-electron chi connectivity index (χ1n) is 5.64. The zero-order valence-corrected chi connectivity index (χ0v) is 8.70. The second-order valence-corrected chi connectivity index (χ2v) is 4.81. The fraction of sp³-hybridized carbons (Fsp3) is 0.909. The van der Waals surface area contributed by atoms with E-state index in [1.807, 2.05) is 0 Å². The molecule has 2 N–H and O–H groups in total. The van der Waals surface area contributed by atoms with E-state index in [4.69, 9.17) is 5.11 Å². The van der Waals surface area contributed by atoms with Crippen molar-refractivity contribution in [2.45, 2.75) is 38.6 Å². The van der Waals surface area contributed by atoms with Gasteiger partial charge < -0.3 is 10.4 Å².